The van der Waals surface area contributed by atoms with E-state index in [9.17, 15) is 0 Å². The fraction of sp³-hybridized carbons (Fsp3) is 0.269. The Kier molecular flexibility index (Phi) is 7.62. The van der Waals surface area contributed by atoms with Gasteiger partial charge in [0.2, 0.25) is 0 Å². The molecule has 2 heterocycles. The maximum absolute atomic E-state index is 8.86. The highest BCUT2D eigenvalue weighted by Crippen LogP contribution is 2.24. The largest absolute Gasteiger partial charge is 0.367 e. The molecule has 0 bridgehead atoms. The van der Waals surface area contributed by atoms with Crippen molar-refractivity contribution in [1.82, 2.24) is 20.2 Å². The second-order valence-electron chi connectivity index (χ2n) is 8.41. The van der Waals surface area contributed by atoms with Crippen LogP contribution in [0.25, 0.3) is 11.4 Å². The molecule has 3 N–H and O–H groups in total. The van der Waals surface area contributed by atoms with Crippen LogP contribution in [0, 0.1) is 11.3 Å². The minimum absolute atomic E-state index is 0.510. The van der Waals surface area contributed by atoms with Crippen LogP contribution in [0.2, 0.25) is 0 Å². The van der Waals surface area contributed by atoms with E-state index in [0.717, 1.165) is 52.2 Å². The number of rotatable bonds is 8. The molecular weight excluding hydrogens is 428 g/mol. The van der Waals surface area contributed by atoms with E-state index in [1.165, 1.54) is 0 Å². The van der Waals surface area contributed by atoms with Crippen molar-refractivity contribution in [3.63, 3.8) is 0 Å². The van der Waals surface area contributed by atoms with Crippen LogP contribution < -0.4 is 10.6 Å². The molecule has 0 amide bonds. The molecule has 0 atom stereocenters. The molecule has 1 fully saturated rings. The molecule has 170 valence electrons. The maximum atomic E-state index is 8.86. The van der Waals surface area contributed by atoms with Crippen LogP contribution in [-0.4, -0.2) is 38.9 Å². The first-order valence-electron chi connectivity index (χ1n) is 11.2. The van der Waals surface area contributed by atoms with Crippen molar-refractivity contribution in [1.29, 1.82) is 5.41 Å². The lowest BCUT2D eigenvalue weighted by molar-refractivity contribution is 0.408. The molecule has 2 aromatic carbocycles. The third-order valence-electron chi connectivity index (χ3n) is 5.27. The second-order valence-corrected chi connectivity index (χ2v) is 9.36. The molecule has 1 aliphatic rings. The first-order chi connectivity index (χ1) is 16.1. The molecule has 1 saturated heterocycles. The number of amidine groups is 1. The van der Waals surface area contributed by atoms with Crippen molar-refractivity contribution < 1.29 is 0 Å². The minimum atomic E-state index is 0.510. The zero-order valence-electron chi connectivity index (χ0n) is 19.1. The number of thioether (sulfide) groups is 1. The lowest BCUT2D eigenvalue weighted by Crippen LogP contribution is -2.40. The summed E-state index contributed by atoms with van der Waals surface area (Å²) in [6.45, 7) is 5.93. The Morgan fingerprint density at radius 2 is 1.76 bits per heavy atom. The first kappa shape index (κ1) is 22.9. The van der Waals surface area contributed by atoms with Crippen LogP contribution in [0.5, 0.6) is 0 Å². The Morgan fingerprint density at radius 3 is 2.45 bits per heavy atom. The average Bonchev–Trinajstić information content (AvgIpc) is 2.84. The van der Waals surface area contributed by atoms with Crippen molar-refractivity contribution in [2.75, 3.05) is 23.5 Å². The van der Waals surface area contributed by atoms with E-state index >= 15 is 0 Å². The van der Waals surface area contributed by atoms with Crippen molar-refractivity contribution in [2.45, 2.75) is 20.4 Å². The van der Waals surface area contributed by atoms with Crippen LogP contribution in [0.1, 0.15) is 19.4 Å². The Hall–Kier alpha value is -3.32. The molecule has 0 unspecified atom stereocenters. The first-order valence-corrected chi connectivity index (χ1v) is 12.3. The lowest BCUT2D eigenvalue weighted by Gasteiger charge is -2.33. The molecule has 1 aromatic heterocycles. The van der Waals surface area contributed by atoms with Crippen molar-refractivity contribution >= 4 is 23.3 Å². The van der Waals surface area contributed by atoms with Gasteiger partial charge in [0.05, 0.1) is 5.88 Å². The van der Waals surface area contributed by atoms with Gasteiger partial charge >= 0.3 is 0 Å². The summed E-state index contributed by atoms with van der Waals surface area (Å²) < 4.78 is 0. The van der Waals surface area contributed by atoms with Crippen LogP contribution in [0.15, 0.2) is 84.5 Å². The Balaban J connectivity index is 1.54. The number of nitrogens with one attached hydrogen (secondary N) is 3. The zero-order valence-corrected chi connectivity index (χ0v) is 19.9. The van der Waals surface area contributed by atoms with E-state index < -0.39 is 0 Å². The minimum Gasteiger partial charge on any atom is -0.367 e. The smallest absolute Gasteiger partial charge is 0.159 e. The fourth-order valence-electron chi connectivity index (χ4n) is 3.66. The fourth-order valence-corrected chi connectivity index (χ4v) is 4.69. The molecule has 0 aliphatic carbocycles. The van der Waals surface area contributed by atoms with Gasteiger partial charge in [-0.25, -0.2) is 9.97 Å². The van der Waals surface area contributed by atoms with E-state index in [1.807, 2.05) is 60.3 Å². The highest BCUT2D eigenvalue weighted by molar-refractivity contribution is 7.99. The van der Waals surface area contributed by atoms with Crippen molar-refractivity contribution in [3.8, 4) is 11.4 Å². The summed E-state index contributed by atoms with van der Waals surface area (Å²) in [6.07, 6.45) is 3.51. The molecule has 4 rings (SSSR count). The predicted molar refractivity (Wildman–Crippen MR) is 138 cm³/mol. The van der Waals surface area contributed by atoms with E-state index in [-0.39, 0.29) is 0 Å². The summed E-state index contributed by atoms with van der Waals surface area (Å²) in [5.41, 5.74) is 4.15. The Bertz CT molecular complexity index is 1080. The van der Waals surface area contributed by atoms with Gasteiger partial charge in [-0.3, -0.25) is 5.41 Å². The third kappa shape index (κ3) is 6.14. The standard InChI is InChI=1S/C26H30N6S/c1-19(2)16-32-18-33-17-23(24(32)27)26(31-22-7-4-3-5-8-22)30-15-20-9-11-21(12-10-20)25-28-13-6-14-29-25/h3-14,19,27,30-31H,15-18H2,1-2H3/b26-23+,27-24?. The van der Waals surface area contributed by atoms with Crippen molar-refractivity contribution in [3.05, 3.63) is 90.0 Å². The highest BCUT2D eigenvalue weighted by Gasteiger charge is 2.24. The number of hydrogen-bond donors (Lipinski definition) is 3. The molecule has 0 spiro atoms. The number of anilines is 1. The Labute approximate surface area is 200 Å². The van der Waals surface area contributed by atoms with Gasteiger partial charge in [0.1, 0.15) is 11.7 Å². The van der Waals surface area contributed by atoms with Gasteiger partial charge in [-0.1, -0.05) is 56.3 Å². The summed E-state index contributed by atoms with van der Waals surface area (Å²) in [5.74, 6) is 4.40. The topological polar surface area (TPSA) is 76.9 Å². The normalized spacial score (nSPS) is 15.5. The molecule has 3 aromatic rings. The predicted octanol–water partition coefficient (Wildman–Crippen LogP) is 5.20. The van der Waals surface area contributed by atoms with E-state index in [1.54, 1.807) is 12.4 Å². The number of aromatic nitrogens is 2. The summed E-state index contributed by atoms with van der Waals surface area (Å²) in [5, 5.41) is 16.0. The molecule has 0 saturated carbocycles. The van der Waals surface area contributed by atoms with Crippen molar-refractivity contribution in [2.24, 2.45) is 5.92 Å². The highest BCUT2D eigenvalue weighted by atomic mass is 32.2. The van der Waals surface area contributed by atoms with Crippen LogP contribution in [0.3, 0.4) is 0 Å². The molecule has 0 radical (unpaired) electrons. The van der Waals surface area contributed by atoms with Crippen LogP contribution in [0.4, 0.5) is 5.69 Å². The van der Waals surface area contributed by atoms with Gasteiger partial charge in [0.25, 0.3) is 0 Å². The number of para-hydroxylation sites is 1. The van der Waals surface area contributed by atoms with E-state index in [4.69, 9.17) is 5.41 Å². The van der Waals surface area contributed by atoms with E-state index in [0.29, 0.717) is 18.3 Å². The summed E-state index contributed by atoms with van der Waals surface area (Å²) in [7, 11) is 0. The summed E-state index contributed by atoms with van der Waals surface area (Å²) in [4.78, 5) is 10.8. The quantitative estimate of drug-likeness (QED) is 0.431. The second kappa shape index (κ2) is 11.0. The summed E-state index contributed by atoms with van der Waals surface area (Å²) in [6, 6.07) is 20.2. The molecule has 1 aliphatic heterocycles. The number of nitrogens with zero attached hydrogens (tertiary/aromatic N) is 3. The number of hydrogen-bond acceptors (Lipinski definition) is 6. The average molecular weight is 459 g/mol. The van der Waals surface area contributed by atoms with E-state index in [2.05, 4.69) is 51.5 Å². The molecule has 33 heavy (non-hydrogen) atoms. The molecule has 7 heteroatoms. The maximum Gasteiger partial charge on any atom is 0.159 e. The monoisotopic (exact) mass is 458 g/mol. The van der Waals surface area contributed by atoms with Crippen LogP contribution in [-0.2, 0) is 6.54 Å². The molecular formula is C26H30N6S. The van der Waals surface area contributed by atoms with Gasteiger partial charge in [0.15, 0.2) is 5.82 Å². The number of benzene rings is 2. The summed E-state index contributed by atoms with van der Waals surface area (Å²) >= 11 is 1.85. The van der Waals surface area contributed by atoms with Gasteiger partial charge < -0.3 is 15.5 Å². The third-order valence-corrected chi connectivity index (χ3v) is 6.26. The van der Waals surface area contributed by atoms with Gasteiger partial charge in [-0.15, -0.1) is 11.8 Å². The Morgan fingerprint density at radius 1 is 1.03 bits per heavy atom. The molecule has 6 nitrogen and oxygen atoms in total. The van der Waals surface area contributed by atoms with Gasteiger partial charge in [-0.2, -0.15) is 0 Å². The zero-order chi connectivity index (χ0) is 23.0. The SMILES string of the molecule is CC(C)CN1CSC/C(=C(/NCc2ccc(-c3ncccn3)cc2)Nc2ccccc2)C1=N. The lowest BCUT2D eigenvalue weighted by atomic mass is 10.1. The van der Waals surface area contributed by atoms with Crippen LogP contribution >= 0.6 is 11.8 Å². The van der Waals surface area contributed by atoms with Gasteiger partial charge in [0, 0.05) is 48.1 Å². The van der Waals surface area contributed by atoms with Gasteiger partial charge in [-0.05, 0) is 29.7 Å².